The fraction of sp³-hybridized carbons (Fsp3) is 0.722. The number of Topliss-reactive ketones (excluding diaryl/α,β-unsaturated/α-hetero) is 1. The summed E-state index contributed by atoms with van der Waals surface area (Å²) in [4.78, 5) is 13.6. The number of ketones is 1. The van der Waals surface area contributed by atoms with Crippen LogP contribution in [0.25, 0.3) is 0 Å². The number of carbonyl (C=O) groups is 1. The van der Waals surface area contributed by atoms with Gasteiger partial charge in [-0.3, -0.25) is 4.79 Å². The number of sulfone groups is 1. The molecule has 0 spiro atoms. The lowest BCUT2D eigenvalue weighted by Gasteiger charge is -2.36. The van der Waals surface area contributed by atoms with Gasteiger partial charge in [-0.15, -0.1) is 11.3 Å². The van der Waals surface area contributed by atoms with Gasteiger partial charge in [-0.05, 0) is 35.5 Å². The third kappa shape index (κ3) is 4.26. The van der Waals surface area contributed by atoms with Crippen molar-refractivity contribution in [3.05, 3.63) is 16.0 Å². The van der Waals surface area contributed by atoms with Crippen LogP contribution in [0.2, 0.25) is 18.1 Å². The van der Waals surface area contributed by atoms with Crippen LogP contribution in [0.3, 0.4) is 0 Å². The Labute approximate surface area is 157 Å². The molecule has 0 saturated heterocycles. The van der Waals surface area contributed by atoms with E-state index >= 15 is 0 Å². The average Bonchev–Trinajstić information content (AvgIpc) is 2.72. The van der Waals surface area contributed by atoms with Crippen LogP contribution in [0, 0.1) is 5.41 Å². The van der Waals surface area contributed by atoms with E-state index in [0.29, 0.717) is 18.6 Å². The first kappa shape index (κ1) is 20.8. The minimum Gasteiger partial charge on any atom is -0.412 e. The van der Waals surface area contributed by atoms with Crippen LogP contribution in [0.1, 0.15) is 61.8 Å². The van der Waals surface area contributed by atoms with Gasteiger partial charge in [-0.1, -0.05) is 34.6 Å². The number of rotatable bonds is 4. The molecule has 2 rings (SSSR count). The fourth-order valence-corrected chi connectivity index (χ4v) is 6.40. The molecule has 0 aliphatic heterocycles. The molecule has 25 heavy (non-hydrogen) atoms. The van der Waals surface area contributed by atoms with Crippen molar-refractivity contribution in [2.45, 2.75) is 76.4 Å². The second-order valence-electron chi connectivity index (χ2n) is 9.43. The summed E-state index contributed by atoms with van der Waals surface area (Å²) < 4.78 is 31.0. The van der Waals surface area contributed by atoms with Crippen LogP contribution in [-0.2, 0) is 27.3 Å². The van der Waals surface area contributed by atoms with Gasteiger partial charge in [-0.25, -0.2) is 8.42 Å². The van der Waals surface area contributed by atoms with Crippen molar-refractivity contribution in [2.75, 3.05) is 6.26 Å². The monoisotopic (exact) mass is 402 g/mol. The molecule has 4 nitrogen and oxygen atoms in total. The van der Waals surface area contributed by atoms with Crippen LogP contribution in [0.5, 0.6) is 0 Å². The molecule has 0 saturated carbocycles. The molecule has 7 heteroatoms. The van der Waals surface area contributed by atoms with E-state index in [-0.39, 0.29) is 20.4 Å². The molecule has 0 unspecified atom stereocenters. The van der Waals surface area contributed by atoms with Crippen LogP contribution in [0.4, 0.5) is 0 Å². The van der Waals surface area contributed by atoms with E-state index in [9.17, 15) is 13.2 Å². The van der Waals surface area contributed by atoms with Gasteiger partial charge < -0.3 is 4.43 Å². The second kappa shape index (κ2) is 6.29. The first-order valence-corrected chi connectivity index (χ1v) is 14.2. The van der Waals surface area contributed by atoms with Gasteiger partial charge in [0.2, 0.25) is 0 Å². The highest BCUT2D eigenvalue weighted by molar-refractivity contribution is 7.92. The Hall–Kier alpha value is -0.503. The molecule has 1 aromatic heterocycles. The van der Waals surface area contributed by atoms with Crippen molar-refractivity contribution < 1.29 is 17.6 Å². The van der Waals surface area contributed by atoms with E-state index in [4.69, 9.17) is 4.43 Å². The highest BCUT2D eigenvalue weighted by Crippen LogP contribution is 2.44. The lowest BCUT2D eigenvalue weighted by molar-refractivity contribution is 0.0909. The van der Waals surface area contributed by atoms with Crippen molar-refractivity contribution in [1.29, 1.82) is 0 Å². The van der Waals surface area contributed by atoms with Gasteiger partial charge in [0.15, 0.2) is 23.9 Å². The average molecular weight is 403 g/mol. The quantitative estimate of drug-likeness (QED) is 0.677. The predicted molar refractivity (Wildman–Crippen MR) is 106 cm³/mol. The van der Waals surface area contributed by atoms with Crippen molar-refractivity contribution in [1.82, 2.24) is 0 Å². The van der Waals surface area contributed by atoms with Crippen molar-refractivity contribution in [2.24, 2.45) is 5.41 Å². The maximum atomic E-state index is 12.7. The molecule has 1 heterocycles. The van der Waals surface area contributed by atoms with Crippen LogP contribution in [-0.4, -0.2) is 28.8 Å². The van der Waals surface area contributed by atoms with Gasteiger partial charge in [0.1, 0.15) is 4.21 Å². The summed E-state index contributed by atoms with van der Waals surface area (Å²) in [6.07, 6.45) is 2.29. The molecular weight excluding hydrogens is 372 g/mol. The SMILES string of the molecule is CC1(C)CC(=O)c2c(S(C)(=O)=O)sc(CO[Si](C)(C)C(C)(C)C)c2C1. The van der Waals surface area contributed by atoms with Gasteiger partial charge in [0, 0.05) is 17.6 Å². The van der Waals surface area contributed by atoms with Gasteiger partial charge in [-0.2, -0.15) is 0 Å². The van der Waals surface area contributed by atoms with Gasteiger partial charge in [0.05, 0.1) is 12.2 Å². The molecular formula is C18H30O4S2Si. The Balaban J connectivity index is 2.49. The van der Waals surface area contributed by atoms with Crippen LogP contribution < -0.4 is 0 Å². The topological polar surface area (TPSA) is 60.4 Å². The van der Waals surface area contributed by atoms with E-state index in [1.807, 2.05) is 0 Å². The summed E-state index contributed by atoms with van der Waals surface area (Å²) >= 11 is 1.23. The summed E-state index contributed by atoms with van der Waals surface area (Å²) in [5.74, 6) is -0.0542. The van der Waals surface area contributed by atoms with Gasteiger partial charge >= 0.3 is 0 Å². The van der Waals surface area contributed by atoms with Crippen molar-refractivity contribution in [3.63, 3.8) is 0 Å². The molecule has 0 bridgehead atoms. The normalized spacial score (nSPS) is 18.3. The lowest BCUT2D eigenvalue weighted by Crippen LogP contribution is -2.40. The molecule has 1 aromatic rings. The molecule has 0 fully saturated rings. The molecule has 0 amide bonds. The Morgan fingerprint density at radius 3 is 2.24 bits per heavy atom. The second-order valence-corrected chi connectivity index (χ2v) is 17.6. The Morgan fingerprint density at radius 2 is 1.76 bits per heavy atom. The summed E-state index contributed by atoms with van der Waals surface area (Å²) in [5, 5.41) is 0.0824. The summed E-state index contributed by atoms with van der Waals surface area (Å²) in [6, 6.07) is 0. The van der Waals surface area contributed by atoms with E-state index < -0.39 is 18.2 Å². The maximum absolute atomic E-state index is 12.7. The summed E-state index contributed by atoms with van der Waals surface area (Å²) in [5.41, 5.74) is 1.18. The third-order valence-electron chi connectivity index (χ3n) is 5.34. The number of hydrogen-bond acceptors (Lipinski definition) is 5. The van der Waals surface area contributed by atoms with E-state index in [0.717, 1.165) is 16.9 Å². The van der Waals surface area contributed by atoms with E-state index in [1.54, 1.807) is 0 Å². The summed E-state index contributed by atoms with van der Waals surface area (Å²) in [6.45, 7) is 15.4. The first-order valence-electron chi connectivity index (χ1n) is 8.57. The Morgan fingerprint density at radius 1 is 1.20 bits per heavy atom. The van der Waals surface area contributed by atoms with Crippen LogP contribution in [0.15, 0.2) is 4.21 Å². The smallest absolute Gasteiger partial charge is 0.192 e. The molecule has 1 aliphatic carbocycles. The zero-order valence-corrected chi connectivity index (χ0v) is 19.2. The van der Waals surface area contributed by atoms with Gasteiger partial charge in [0.25, 0.3) is 0 Å². The number of hydrogen-bond donors (Lipinski definition) is 0. The molecule has 142 valence electrons. The molecule has 1 aliphatic rings. The molecule has 0 aromatic carbocycles. The fourth-order valence-electron chi connectivity index (χ4n) is 2.86. The largest absolute Gasteiger partial charge is 0.412 e. The predicted octanol–water partition coefficient (Wildman–Crippen LogP) is 4.83. The van der Waals surface area contributed by atoms with Crippen molar-refractivity contribution in [3.8, 4) is 0 Å². The molecule has 0 radical (unpaired) electrons. The zero-order chi connectivity index (χ0) is 19.4. The first-order chi connectivity index (χ1) is 11.1. The van der Waals surface area contributed by atoms with Crippen LogP contribution >= 0.6 is 11.3 Å². The minimum absolute atomic E-state index is 0.0542. The number of fused-ring (bicyclic) bond motifs is 1. The Bertz CT molecular complexity index is 796. The highest BCUT2D eigenvalue weighted by atomic mass is 32.2. The number of carbonyl (C=O) groups excluding carboxylic acids is 1. The molecule has 0 N–H and O–H groups in total. The highest BCUT2D eigenvalue weighted by Gasteiger charge is 2.40. The summed E-state index contributed by atoms with van der Waals surface area (Å²) in [7, 11) is -5.37. The minimum atomic E-state index is -3.42. The Kier molecular flexibility index (Phi) is 5.23. The zero-order valence-electron chi connectivity index (χ0n) is 16.6. The number of thiophene rings is 1. The molecule has 0 atom stereocenters. The third-order valence-corrected chi connectivity index (χ3v) is 12.9. The van der Waals surface area contributed by atoms with E-state index in [1.165, 1.54) is 17.6 Å². The van der Waals surface area contributed by atoms with E-state index in [2.05, 4.69) is 47.7 Å². The lowest BCUT2D eigenvalue weighted by atomic mass is 9.74. The maximum Gasteiger partial charge on any atom is 0.192 e. The van der Waals surface area contributed by atoms with Crippen molar-refractivity contribution >= 4 is 35.3 Å². The standard InChI is InChI=1S/C18H30O4S2Si/c1-17(2,3)25(7,8)22-11-14-12-9-18(4,5)10-13(19)15(12)16(23-14)24(6,20)21/h9-11H2,1-8H3.